The van der Waals surface area contributed by atoms with Crippen LogP contribution in [0.3, 0.4) is 0 Å². The maximum absolute atomic E-state index is 6.77. The molecule has 0 aliphatic heterocycles. The van der Waals surface area contributed by atoms with Crippen molar-refractivity contribution in [1.29, 1.82) is 0 Å². The summed E-state index contributed by atoms with van der Waals surface area (Å²) in [6.45, 7) is 13.8. The molecule has 3 aromatic carbocycles. The van der Waals surface area contributed by atoms with Gasteiger partial charge in [0.2, 0.25) is 5.69 Å². The summed E-state index contributed by atoms with van der Waals surface area (Å²) in [5.41, 5.74) is 12.6. The second-order valence-corrected chi connectivity index (χ2v) is 12.2. The van der Waals surface area contributed by atoms with Crippen LogP contribution in [0.25, 0.3) is 44.3 Å². The first-order chi connectivity index (χ1) is 17.7. The van der Waals surface area contributed by atoms with Crippen LogP contribution < -0.4 is 4.57 Å². The number of furan rings is 1. The molecule has 188 valence electrons. The van der Waals surface area contributed by atoms with E-state index >= 15 is 0 Å². The number of fused-ring (bicyclic) bond motifs is 6. The average Bonchev–Trinajstić information content (AvgIpc) is 3.32. The van der Waals surface area contributed by atoms with Crippen molar-refractivity contribution < 1.29 is 8.98 Å². The van der Waals surface area contributed by atoms with E-state index in [0.717, 1.165) is 24.0 Å². The first-order valence-corrected chi connectivity index (χ1v) is 13.8. The third-order valence-corrected chi connectivity index (χ3v) is 8.31. The molecule has 2 aromatic heterocycles. The lowest BCUT2D eigenvalue weighted by molar-refractivity contribution is -0.660. The van der Waals surface area contributed by atoms with Crippen molar-refractivity contribution >= 4 is 21.9 Å². The van der Waals surface area contributed by atoms with Gasteiger partial charge in [0.05, 0.1) is 5.56 Å². The summed E-state index contributed by atoms with van der Waals surface area (Å²) in [5.74, 6) is 1.20. The number of rotatable bonds is 5. The highest BCUT2D eigenvalue weighted by Gasteiger charge is 2.44. The Hall–Kier alpha value is -3.39. The van der Waals surface area contributed by atoms with Crippen molar-refractivity contribution in [1.82, 2.24) is 0 Å². The number of aryl methyl sites for hydroxylation is 3. The normalized spacial score (nSPS) is 14.2. The molecule has 37 heavy (non-hydrogen) atoms. The van der Waals surface area contributed by atoms with Crippen LogP contribution in [-0.2, 0) is 12.5 Å². The summed E-state index contributed by atoms with van der Waals surface area (Å²) < 4.78 is 8.97. The van der Waals surface area contributed by atoms with Gasteiger partial charge >= 0.3 is 0 Å². The zero-order valence-electron chi connectivity index (χ0n) is 23.3. The fraction of sp³-hybridized carbons (Fsp3) is 0.343. The number of pyridine rings is 1. The van der Waals surface area contributed by atoms with Crippen molar-refractivity contribution in [3.8, 4) is 22.4 Å². The first kappa shape index (κ1) is 24.0. The van der Waals surface area contributed by atoms with Gasteiger partial charge in [-0.15, -0.1) is 0 Å². The molecular weight excluding hydrogens is 450 g/mol. The molecular formula is C35H38NO+. The zero-order chi connectivity index (χ0) is 26.1. The van der Waals surface area contributed by atoms with E-state index in [-0.39, 0.29) is 5.41 Å². The summed E-state index contributed by atoms with van der Waals surface area (Å²) in [5, 5.41) is 2.44. The molecule has 0 bridgehead atoms. The third kappa shape index (κ3) is 3.64. The van der Waals surface area contributed by atoms with Crippen LogP contribution in [0.1, 0.15) is 62.8 Å². The first-order valence-electron chi connectivity index (χ1n) is 13.8. The largest absolute Gasteiger partial charge is 0.455 e. The predicted molar refractivity (Wildman–Crippen MR) is 155 cm³/mol. The van der Waals surface area contributed by atoms with Crippen LogP contribution in [0.15, 0.2) is 71.3 Å². The summed E-state index contributed by atoms with van der Waals surface area (Å²) in [7, 11) is 2.12. The van der Waals surface area contributed by atoms with Gasteiger partial charge in [-0.25, -0.2) is 4.57 Å². The molecule has 0 amide bonds. The fourth-order valence-corrected chi connectivity index (χ4v) is 7.04. The standard InChI is InChI=1S/C35H38NO/c1-21(2)19-35(20-22(3)4)29-11-9-8-10-25(29)27-18-32-28(17-30(27)35)26-13-12-24(6)33(34(26)37-32)31-16-23(5)14-15-36(31)7/h8-18,21-22H,19-20H2,1-7H3/q+1. The Balaban J connectivity index is 1.68. The zero-order valence-corrected chi connectivity index (χ0v) is 23.3. The van der Waals surface area contributed by atoms with E-state index in [9.17, 15) is 0 Å². The van der Waals surface area contributed by atoms with Crippen molar-refractivity contribution in [2.75, 3.05) is 0 Å². The van der Waals surface area contributed by atoms with Crippen LogP contribution in [-0.4, -0.2) is 0 Å². The molecule has 0 radical (unpaired) electrons. The van der Waals surface area contributed by atoms with Gasteiger partial charge in [-0.05, 0) is 84.0 Å². The maximum Gasteiger partial charge on any atom is 0.216 e. The molecule has 2 heteroatoms. The molecule has 2 heterocycles. The van der Waals surface area contributed by atoms with Crippen LogP contribution >= 0.6 is 0 Å². The smallest absolute Gasteiger partial charge is 0.216 e. The maximum atomic E-state index is 6.77. The molecule has 0 unspecified atom stereocenters. The highest BCUT2D eigenvalue weighted by molar-refractivity contribution is 6.11. The quantitative estimate of drug-likeness (QED) is 0.226. The van der Waals surface area contributed by atoms with E-state index in [1.165, 1.54) is 55.4 Å². The van der Waals surface area contributed by atoms with Crippen LogP contribution in [0.5, 0.6) is 0 Å². The Kier molecular flexibility index (Phi) is 5.56. The van der Waals surface area contributed by atoms with Crippen molar-refractivity contribution in [3.05, 3.63) is 89.1 Å². The number of hydrogen-bond acceptors (Lipinski definition) is 1. The van der Waals surface area contributed by atoms with Crippen molar-refractivity contribution in [2.45, 2.75) is 59.8 Å². The van der Waals surface area contributed by atoms with E-state index < -0.39 is 0 Å². The minimum atomic E-state index is 0.0303. The molecule has 0 atom stereocenters. The molecule has 0 spiro atoms. The number of hydrogen-bond donors (Lipinski definition) is 0. The molecule has 1 aliphatic rings. The second kappa shape index (κ2) is 8.58. The second-order valence-electron chi connectivity index (χ2n) is 12.2. The summed E-state index contributed by atoms with van der Waals surface area (Å²) in [4.78, 5) is 0. The van der Waals surface area contributed by atoms with Gasteiger partial charge in [-0.3, -0.25) is 0 Å². The summed E-state index contributed by atoms with van der Waals surface area (Å²) >= 11 is 0. The molecule has 0 N–H and O–H groups in total. The van der Waals surface area contributed by atoms with Crippen LogP contribution in [0.4, 0.5) is 0 Å². The van der Waals surface area contributed by atoms with Crippen molar-refractivity contribution in [2.24, 2.45) is 18.9 Å². The van der Waals surface area contributed by atoms with E-state index in [1.54, 1.807) is 0 Å². The Morgan fingerprint density at radius 1 is 0.784 bits per heavy atom. The molecule has 0 saturated carbocycles. The predicted octanol–water partition coefficient (Wildman–Crippen LogP) is 9.05. The van der Waals surface area contributed by atoms with E-state index in [0.29, 0.717) is 11.8 Å². The summed E-state index contributed by atoms with van der Waals surface area (Å²) in [6, 6.07) is 22.8. The Morgan fingerprint density at radius 2 is 1.51 bits per heavy atom. The minimum absolute atomic E-state index is 0.0303. The molecule has 2 nitrogen and oxygen atoms in total. The van der Waals surface area contributed by atoms with E-state index in [1.807, 2.05) is 0 Å². The Labute approximate surface area is 221 Å². The summed E-state index contributed by atoms with van der Waals surface area (Å²) in [6.07, 6.45) is 4.45. The van der Waals surface area contributed by atoms with Gasteiger partial charge in [0.15, 0.2) is 6.20 Å². The average molecular weight is 489 g/mol. The van der Waals surface area contributed by atoms with Gasteiger partial charge in [0.25, 0.3) is 0 Å². The highest BCUT2D eigenvalue weighted by Crippen LogP contribution is 2.56. The molecule has 0 fully saturated rings. The lowest BCUT2D eigenvalue weighted by Gasteiger charge is -2.35. The monoisotopic (exact) mass is 488 g/mol. The lowest BCUT2D eigenvalue weighted by atomic mass is 9.68. The Morgan fingerprint density at radius 3 is 2.24 bits per heavy atom. The highest BCUT2D eigenvalue weighted by atomic mass is 16.3. The van der Waals surface area contributed by atoms with E-state index in [2.05, 4.69) is 120 Å². The molecule has 0 saturated heterocycles. The minimum Gasteiger partial charge on any atom is -0.455 e. The molecule has 5 aromatic rings. The van der Waals surface area contributed by atoms with Gasteiger partial charge < -0.3 is 4.42 Å². The van der Waals surface area contributed by atoms with Crippen molar-refractivity contribution in [3.63, 3.8) is 0 Å². The number of aromatic nitrogens is 1. The van der Waals surface area contributed by atoms with Crippen LogP contribution in [0, 0.1) is 25.7 Å². The lowest BCUT2D eigenvalue weighted by Crippen LogP contribution is -2.30. The fourth-order valence-electron chi connectivity index (χ4n) is 7.04. The topological polar surface area (TPSA) is 17.0 Å². The number of nitrogens with zero attached hydrogens (tertiary/aromatic N) is 1. The van der Waals surface area contributed by atoms with E-state index in [4.69, 9.17) is 4.42 Å². The Bertz CT molecular complexity index is 1660. The third-order valence-electron chi connectivity index (χ3n) is 8.31. The molecule has 6 rings (SSSR count). The van der Waals surface area contributed by atoms with Gasteiger partial charge in [-0.1, -0.05) is 64.1 Å². The van der Waals surface area contributed by atoms with Gasteiger partial charge in [-0.2, -0.15) is 0 Å². The van der Waals surface area contributed by atoms with Gasteiger partial charge in [0.1, 0.15) is 18.2 Å². The SMILES string of the molecule is Cc1cc[n+](C)c(-c2c(C)ccc3c2oc2cc4c(cc23)C(CC(C)C)(CC(C)C)c2ccccc2-4)c1. The van der Waals surface area contributed by atoms with Crippen LogP contribution in [0.2, 0.25) is 0 Å². The number of benzene rings is 3. The molecule has 1 aliphatic carbocycles. The van der Waals surface area contributed by atoms with Gasteiger partial charge in [0, 0.05) is 28.3 Å².